The molecular formula is C13H17FN2O. The zero-order chi connectivity index (χ0) is 12.4. The number of hydrogen-bond acceptors (Lipinski definition) is 2. The third kappa shape index (κ3) is 2.64. The number of piperidine rings is 1. The molecule has 1 atom stereocenters. The van der Waals surface area contributed by atoms with E-state index < -0.39 is 5.82 Å². The van der Waals surface area contributed by atoms with Crippen LogP contribution in [-0.4, -0.2) is 29.9 Å². The fraction of sp³-hybridized carbons (Fsp3) is 0.462. The molecule has 0 spiro atoms. The third-order valence-corrected chi connectivity index (χ3v) is 3.10. The lowest BCUT2D eigenvalue weighted by Gasteiger charge is -2.30. The van der Waals surface area contributed by atoms with Gasteiger partial charge in [-0.3, -0.25) is 4.79 Å². The Balaban J connectivity index is 2.18. The molecule has 0 unspecified atom stereocenters. The monoisotopic (exact) mass is 236 g/mol. The highest BCUT2D eigenvalue weighted by Crippen LogP contribution is 2.16. The maximum atomic E-state index is 13.7. The number of nitrogens with zero attached hydrogens (tertiary/aromatic N) is 1. The van der Waals surface area contributed by atoms with E-state index in [0.717, 1.165) is 18.4 Å². The first kappa shape index (κ1) is 12.0. The zero-order valence-electron chi connectivity index (χ0n) is 9.95. The Labute approximate surface area is 100 Å². The lowest BCUT2D eigenvalue weighted by Crippen LogP contribution is -2.45. The molecular weight excluding hydrogens is 219 g/mol. The van der Waals surface area contributed by atoms with Crippen molar-refractivity contribution in [2.45, 2.75) is 25.8 Å². The average molecular weight is 236 g/mol. The number of rotatable bonds is 1. The van der Waals surface area contributed by atoms with Crippen molar-refractivity contribution in [1.82, 2.24) is 4.90 Å². The van der Waals surface area contributed by atoms with Gasteiger partial charge in [0.1, 0.15) is 5.82 Å². The Hall–Kier alpha value is -1.42. The molecule has 1 amide bonds. The Morgan fingerprint density at radius 2 is 2.29 bits per heavy atom. The summed E-state index contributed by atoms with van der Waals surface area (Å²) >= 11 is 0. The van der Waals surface area contributed by atoms with Crippen LogP contribution in [-0.2, 0) is 0 Å². The summed E-state index contributed by atoms with van der Waals surface area (Å²) in [6, 6.07) is 4.70. The number of amides is 1. The van der Waals surface area contributed by atoms with E-state index in [0.29, 0.717) is 13.1 Å². The molecule has 4 heteroatoms. The summed E-state index contributed by atoms with van der Waals surface area (Å²) < 4.78 is 13.7. The van der Waals surface area contributed by atoms with Crippen molar-refractivity contribution in [2.24, 2.45) is 5.73 Å². The normalized spacial score (nSPS) is 20.4. The van der Waals surface area contributed by atoms with Crippen LogP contribution in [0.2, 0.25) is 0 Å². The number of aryl methyl sites for hydroxylation is 1. The second-order valence-corrected chi connectivity index (χ2v) is 4.64. The topological polar surface area (TPSA) is 46.3 Å². The van der Waals surface area contributed by atoms with Crippen LogP contribution in [0.25, 0.3) is 0 Å². The summed E-state index contributed by atoms with van der Waals surface area (Å²) in [5, 5.41) is 0. The summed E-state index contributed by atoms with van der Waals surface area (Å²) in [7, 11) is 0. The number of hydrogen-bond donors (Lipinski definition) is 1. The summed E-state index contributed by atoms with van der Waals surface area (Å²) in [6.45, 7) is 2.99. The van der Waals surface area contributed by atoms with E-state index in [1.165, 1.54) is 6.07 Å². The fourth-order valence-electron chi connectivity index (χ4n) is 2.16. The van der Waals surface area contributed by atoms with Crippen LogP contribution in [0.1, 0.15) is 28.8 Å². The van der Waals surface area contributed by atoms with Crippen LogP contribution in [0.4, 0.5) is 4.39 Å². The number of carbonyl (C=O) groups excluding carboxylic acids is 1. The SMILES string of the molecule is Cc1ccc(C(=O)N2CCC[C@@H](N)C2)c(F)c1. The standard InChI is InChI=1S/C13H17FN2O/c1-9-4-5-11(12(14)7-9)13(17)16-6-2-3-10(15)8-16/h4-5,7,10H,2-3,6,8,15H2,1H3/t10-/m1/s1. The number of benzene rings is 1. The van der Waals surface area contributed by atoms with E-state index in [1.54, 1.807) is 24.0 Å². The third-order valence-electron chi connectivity index (χ3n) is 3.10. The van der Waals surface area contributed by atoms with Gasteiger partial charge in [0, 0.05) is 19.1 Å². The van der Waals surface area contributed by atoms with Crippen LogP contribution in [0.5, 0.6) is 0 Å². The quantitative estimate of drug-likeness (QED) is 0.806. The van der Waals surface area contributed by atoms with E-state index in [1.807, 2.05) is 0 Å². The van der Waals surface area contributed by atoms with Gasteiger partial charge in [-0.2, -0.15) is 0 Å². The Morgan fingerprint density at radius 1 is 1.53 bits per heavy atom. The van der Waals surface area contributed by atoms with E-state index in [4.69, 9.17) is 5.73 Å². The van der Waals surface area contributed by atoms with Crippen molar-refractivity contribution in [3.63, 3.8) is 0 Å². The molecule has 92 valence electrons. The molecule has 0 radical (unpaired) electrons. The largest absolute Gasteiger partial charge is 0.337 e. The molecule has 1 fully saturated rings. The Kier molecular flexibility index (Phi) is 3.43. The molecule has 0 aliphatic carbocycles. The smallest absolute Gasteiger partial charge is 0.256 e. The maximum Gasteiger partial charge on any atom is 0.256 e. The molecule has 1 aliphatic rings. The molecule has 0 bridgehead atoms. The van der Waals surface area contributed by atoms with Gasteiger partial charge in [0.25, 0.3) is 5.91 Å². The van der Waals surface area contributed by atoms with Crippen molar-refractivity contribution in [1.29, 1.82) is 0 Å². The van der Waals surface area contributed by atoms with Crippen LogP contribution in [0.15, 0.2) is 18.2 Å². The van der Waals surface area contributed by atoms with E-state index >= 15 is 0 Å². The zero-order valence-corrected chi connectivity index (χ0v) is 9.95. The van der Waals surface area contributed by atoms with Crippen molar-refractivity contribution in [2.75, 3.05) is 13.1 Å². The molecule has 17 heavy (non-hydrogen) atoms. The fourth-order valence-corrected chi connectivity index (χ4v) is 2.16. The van der Waals surface area contributed by atoms with Crippen LogP contribution < -0.4 is 5.73 Å². The Bertz CT molecular complexity index is 433. The molecule has 1 aliphatic heterocycles. The number of carbonyl (C=O) groups is 1. The molecule has 2 N–H and O–H groups in total. The highest BCUT2D eigenvalue weighted by Gasteiger charge is 2.24. The second kappa shape index (κ2) is 4.84. The van der Waals surface area contributed by atoms with Gasteiger partial charge in [-0.1, -0.05) is 6.07 Å². The van der Waals surface area contributed by atoms with Gasteiger partial charge in [0.05, 0.1) is 5.56 Å². The van der Waals surface area contributed by atoms with Crippen LogP contribution in [0, 0.1) is 12.7 Å². The number of nitrogens with two attached hydrogens (primary N) is 1. The minimum absolute atomic E-state index is 0.0150. The number of halogens is 1. The predicted octanol–water partition coefficient (Wildman–Crippen LogP) is 1.70. The molecule has 1 saturated heterocycles. The van der Waals surface area contributed by atoms with E-state index in [2.05, 4.69) is 0 Å². The highest BCUT2D eigenvalue weighted by molar-refractivity contribution is 5.94. The number of likely N-dealkylation sites (tertiary alicyclic amines) is 1. The van der Waals surface area contributed by atoms with Crippen molar-refractivity contribution < 1.29 is 9.18 Å². The van der Waals surface area contributed by atoms with Crippen LogP contribution >= 0.6 is 0 Å². The molecule has 3 nitrogen and oxygen atoms in total. The first-order valence-electron chi connectivity index (χ1n) is 5.89. The molecule has 1 aromatic rings. The summed E-state index contributed by atoms with van der Waals surface area (Å²) in [5.74, 6) is -0.702. The summed E-state index contributed by atoms with van der Waals surface area (Å²) in [5.41, 5.74) is 6.77. The average Bonchev–Trinajstić information content (AvgIpc) is 2.28. The van der Waals surface area contributed by atoms with Gasteiger partial charge in [-0.15, -0.1) is 0 Å². The van der Waals surface area contributed by atoms with E-state index in [-0.39, 0.29) is 17.5 Å². The van der Waals surface area contributed by atoms with Crippen molar-refractivity contribution in [3.05, 3.63) is 35.1 Å². The first-order chi connectivity index (χ1) is 8.08. The summed E-state index contributed by atoms with van der Waals surface area (Å²) in [4.78, 5) is 13.7. The van der Waals surface area contributed by atoms with Gasteiger partial charge in [0.15, 0.2) is 0 Å². The van der Waals surface area contributed by atoms with Gasteiger partial charge < -0.3 is 10.6 Å². The van der Waals surface area contributed by atoms with E-state index in [9.17, 15) is 9.18 Å². The highest BCUT2D eigenvalue weighted by atomic mass is 19.1. The van der Waals surface area contributed by atoms with Crippen molar-refractivity contribution in [3.8, 4) is 0 Å². The molecule has 2 rings (SSSR count). The van der Waals surface area contributed by atoms with Gasteiger partial charge in [-0.25, -0.2) is 4.39 Å². The lowest BCUT2D eigenvalue weighted by molar-refractivity contribution is 0.0704. The van der Waals surface area contributed by atoms with Gasteiger partial charge in [0.2, 0.25) is 0 Å². The molecule has 1 aromatic carbocycles. The van der Waals surface area contributed by atoms with Crippen LogP contribution in [0.3, 0.4) is 0 Å². The lowest BCUT2D eigenvalue weighted by atomic mass is 10.0. The minimum Gasteiger partial charge on any atom is -0.337 e. The molecule has 1 heterocycles. The Morgan fingerprint density at radius 3 is 2.94 bits per heavy atom. The van der Waals surface area contributed by atoms with Gasteiger partial charge >= 0.3 is 0 Å². The maximum absolute atomic E-state index is 13.7. The molecule has 0 saturated carbocycles. The second-order valence-electron chi connectivity index (χ2n) is 4.64. The predicted molar refractivity (Wildman–Crippen MR) is 64.2 cm³/mol. The minimum atomic E-state index is -0.450. The van der Waals surface area contributed by atoms with Crippen molar-refractivity contribution >= 4 is 5.91 Å². The van der Waals surface area contributed by atoms with Gasteiger partial charge in [-0.05, 0) is 37.5 Å². The first-order valence-corrected chi connectivity index (χ1v) is 5.89. The summed E-state index contributed by atoms with van der Waals surface area (Å²) in [6.07, 6.45) is 1.82. The molecule has 0 aromatic heterocycles.